The van der Waals surface area contributed by atoms with E-state index < -0.39 is 33.9 Å². The highest BCUT2D eigenvalue weighted by molar-refractivity contribution is 7.89. The maximum atomic E-state index is 12.5. The molecule has 0 aliphatic rings. The van der Waals surface area contributed by atoms with Crippen molar-refractivity contribution in [1.82, 2.24) is 4.72 Å². The lowest BCUT2D eigenvalue weighted by Gasteiger charge is -2.21. The smallest absolute Gasteiger partial charge is 0.416 e. The maximum absolute atomic E-state index is 12.5. The van der Waals surface area contributed by atoms with Crippen LogP contribution in [0.2, 0.25) is 0 Å². The average molecular weight is 349 g/mol. The molecule has 0 amide bonds. The molecule has 5 nitrogen and oxygen atoms in total. The van der Waals surface area contributed by atoms with Crippen molar-refractivity contribution < 1.29 is 31.1 Å². The molecule has 1 aromatic carbocycles. The van der Waals surface area contributed by atoms with Crippen molar-refractivity contribution in [2.75, 3.05) is 6.54 Å². The largest absolute Gasteiger partial charge is 0.466 e. The molecule has 2 N–H and O–H groups in total. The molecule has 23 heavy (non-hydrogen) atoms. The molecule has 0 saturated carbocycles. The molecule has 0 unspecified atom stereocenters. The molecule has 1 aromatic heterocycles. The Morgan fingerprint density at radius 2 is 1.78 bits per heavy atom. The van der Waals surface area contributed by atoms with Gasteiger partial charge in [-0.05, 0) is 43.3 Å². The van der Waals surface area contributed by atoms with Crippen LogP contribution in [-0.4, -0.2) is 20.1 Å². The van der Waals surface area contributed by atoms with E-state index in [0.29, 0.717) is 12.1 Å². The monoisotopic (exact) mass is 349 g/mol. The molecule has 0 saturated heterocycles. The SMILES string of the molecule is C[C@@](O)(CNS(=O)(=O)c1ccc(C(F)(F)F)cc1)c1ccco1. The Morgan fingerprint density at radius 1 is 1.17 bits per heavy atom. The van der Waals surface area contributed by atoms with Gasteiger partial charge in [-0.2, -0.15) is 13.2 Å². The Kier molecular flexibility index (Phi) is 4.56. The Labute approximate surface area is 130 Å². The van der Waals surface area contributed by atoms with E-state index >= 15 is 0 Å². The van der Waals surface area contributed by atoms with Crippen LogP contribution >= 0.6 is 0 Å². The van der Waals surface area contributed by atoms with Gasteiger partial charge in [-0.15, -0.1) is 0 Å². The minimum absolute atomic E-state index is 0.160. The molecule has 0 aliphatic carbocycles. The van der Waals surface area contributed by atoms with Crippen LogP contribution < -0.4 is 4.72 Å². The van der Waals surface area contributed by atoms with Crippen molar-refractivity contribution in [2.24, 2.45) is 0 Å². The Morgan fingerprint density at radius 3 is 2.26 bits per heavy atom. The van der Waals surface area contributed by atoms with Crippen LogP contribution in [0.5, 0.6) is 0 Å². The first kappa shape index (κ1) is 17.5. The van der Waals surface area contributed by atoms with Crippen molar-refractivity contribution in [3.8, 4) is 0 Å². The number of sulfonamides is 1. The van der Waals surface area contributed by atoms with E-state index in [0.717, 1.165) is 12.1 Å². The van der Waals surface area contributed by atoms with Crippen molar-refractivity contribution in [2.45, 2.75) is 23.6 Å². The zero-order chi connectivity index (χ0) is 17.3. The highest BCUT2D eigenvalue weighted by Gasteiger charge is 2.31. The number of alkyl halides is 3. The lowest BCUT2D eigenvalue weighted by molar-refractivity contribution is -0.137. The third-order valence-electron chi connectivity index (χ3n) is 3.15. The lowest BCUT2D eigenvalue weighted by Crippen LogP contribution is -2.38. The number of aliphatic hydroxyl groups is 1. The van der Waals surface area contributed by atoms with Crippen LogP contribution in [-0.2, 0) is 21.8 Å². The van der Waals surface area contributed by atoms with Gasteiger partial charge in [-0.1, -0.05) is 0 Å². The summed E-state index contributed by atoms with van der Waals surface area (Å²) in [5, 5.41) is 10.2. The Bertz CT molecular complexity index is 750. The van der Waals surface area contributed by atoms with Gasteiger partial charge in [0.15, 0.2) is 0 Å². The molecule has 2 rings (SSSR count). The molecule has 1 atom stereocenters. The lowest BCUT2D eigenvalue weighted by atomic mass is 10.1. The van der Waals surface area contributed by atoms with E-state index in [4.69, 9.17) is 4.42 Å². The predicted octanol–water partition coefficient (Wildman–Crippen LogP) is 2.48. The minimum atomic E-state index is -4.54. The molecular weight excluding hydrogens is 335 g/mol. The van der Waals surface area contributed by atoms with Crippen LogP contribution in [0.25, 0.3) is 0 Å². The second-order valence-electron chi connectivity index (χ2n) is 5.10. The van der Waals surface area contributed by atoms with Gasteiger partial charge in [0.1, 0.15) is 11.4 Å². The first-order valence-electron chi connectivity index (χ1n) is 6.46. The van der Waals surface area contributed by atoms with Crippen LogP contribution in [0.1, 0.15) is 18.2 Å². The topological polar surface area (TPSA) is 79.5 Å². The van der Waals surface area contributed by atoms with E-state index in [1.807, 2.05) is 0 Å². The predicted molar refractivity (Wildman–Crippen MR) is 74.9 cm³/mol. The number of benzene rings is 1. The first-order valence-corrected chi connectivity index (χ1v) is 7.94. The summed E-state index contributed by atoms with van der Waals surface area (Å²) in [5.74, 6) is 0.160. The highest BCUT2D eigenvalue weighted by Crippen LogP contribution is 2.29. The van der Waals surface area contributed by atoms with Gasteiger partial charge in [-0.25, -0.2) is 13.1 Å². The summed E-state index contributed by atoms with van der Waals surface area (Å²) in [6.07, 6.45) is -3.22. The maximum Gasteiger partial charge on any atom is 0.416 e. The Balaban J connectivity index is 2.13. The molecular formula is C14H14F3NO4S. The van der Waals surface area contributed by atoms with Gasteiger partial charge in [0, 0.05) is 6.54 Å². The summed E-state index contributed by atoms with van der Waals surface area (Å²) in [5.41, 5.74) is -2.54. The van der Waals surface area contributed by atoms with E-state index in [1.54, 1.807) is 0 Å². The van der Waals surface area contributed by atoms with Crippen LogP contribution in [0.3, 0.4) is 0 Å². The third-order valence-corrected chi connectivity index (χ3v) is 4.57. The van der Waals surface area contributed by atoms with E-state index in [9.17, 15) is 26.7 Å². The number of furan rings is 1. The number of nitrogens with one attached hydrogen (secondary N) is 1. The van der Waals surface area contributed by atoms with E-state index in [2.05, 4.69) is 4.72 Å². The molecule has 2 aromatic rings. The van der Waals surface area contributed by atoms with E-state index in [-0.39, 0.29) is 10.7 Å². The summed E-state index contributed by atoms with van der Waals surface area (Å²) >= 11 is 0. The molecule has 0 aliphatic heterocycles. The van der Waals surface area contributed by atoms with Crippen molar-refractivity contribution in [3.63, 3.8) is 0 Å². The fourth-order valence-corrected chi connectivity index (χ4v) is 2.95. The molecule has 0 fully saturated rings. The van der Waals surface area contributed by atoms with Crippen LogP contribution in [0.4, 0.5) is 13.2 Å². The number of hydrogen-bond donors (Lipinski definition) is 2. The highest BCUT2D eigenvalue weighted by atomic mass is 32.2. The minimum Gasteiger partial charge on any atom is -0.466 e. The standard InChI is InChI=1S/C14H14F3NO4S/c1-13(19,12-3-2-8-22-12)9-18-23(20,21)11-6-4-10(5-7-11)14(15,16)17/h2-8,18-19H,9H2,1H3/t13-/m1/s1. The fourth-order valence-electron chi connectivity index (χ4n) is 1.81. The summed E-state index contributed by atoms with van der Waals surface area (Å²) in [4.78, 5) is -0.333. The summed E-state index contributed by atoms with van der Waals surface area (Å²) in [6, 6.07) is 6.08. The second kappa shape index (κ2) is 5.99. The zero-order valence-electron chi connectivity index (χ0n) is 12.0. The number of hydrogen-bond acceptors (Lipinski definition) is 4. The second-order valence-corrected chi connectivity index (χ2v) is 6.86. The van der Waals surface area contributed by atoms with Gasteiger partial charge in [0.2, 0.25) is 10.0 Å². The van der Waals surface area contributed by atoms with Crippen molar-refractivity contribution >= 4 is 10.0 Å². The summed E-state index contributed by atoms with van der Waals surface area (Å²) < 4.78 is 68.7. The number of rotatable bonds is 5. The fraction of sp³-hybridized carbons (Fsp3) is 0.286. The molecule has 0 radical (unpaired) electrons. The van der Waals surface area contributed by atoms with E-state index in [1.165, 1.54) is 25.3 Å². The molecule has 9 heteroatoms. The van der Waals surface area contributed by atoms with Gasteiger partial charge in [0.05, 0.1) is 16.7 Å². The Hall–Kier alpha value is -1.84. The van der Waals surface area contributed by atoms with Crippen LogP contribution in [0, 0.1) is 0 Å². The molecule has 126 valence electrons. The van der Waals surface area contributed by atoms with Gasteiger partial charge < -0.3 is 9.52 Å². The average Bonchev–Trinajstić information content (AvgIpc) is 3.00. The molecule has 1 heterocycles. The van der Waals surface area contributed by atoms with Gasteiger partial charge in [-0.3, -0.25) is 0 Å². The molecule has 0 spiro atoms. The molecule has 0 bridgehead atoms. The summed E-state index contributed by atoms with van der Waals surface area (Å²) in [7, 11) is -4.07. The van der Waals surface area contributed by atoms with Gasteiger partial charge in [0.25, 0.3) is 0 Å². The van der Waals surface area contributed by atoms with Crippen molar-refractivity contribution in [1.29, 1.82) is 0 Å². The quantitative estimate of drug-likeness (QED) is 0.869. The van der Waals surface area contributed by atoms with Gasteiger partial charge >= 0.3 is 6.18 Å². The third kappa shape index (κ3) is 4.12. The van der Waals surface area contributed by atoms with Crippen LogP contribution in [0.15, 0.2) is 52.0 Å². The first-order chi connectivity index (χ1) is 10.5. The zero-order valence-corrected chi connectivity index (χ0v) is 12.8. The normalized spacial score (nSPS) is 15.3. The van der Waals surface area contributed by atoms with Crippen molar-refractivity contribution in [3.05, 3.63) is 54.0 Å². The summed E-state index contributed by atoms with van der Waals surface area (Å²) in [6.45, 7) is 0.949. The number of halogens is 3.